The van der Waals surface area contributed by atoms with Crippen molar-refractivity contribution >= 4 is 16.7 Å². The highest BCUT2D eigenvalue weighted by Crippen LogP contribution is 2.35. The van der Waals surface area contributed by atoms with Crippen molar-refractivity contribution in [2.24, 2.45) is 0 Å². The van der Waals surface area contributed by atoms with Crippen LogP contribution in [0.1, 0.15) is 61.0 Å². The third-order valence-corrected chi connectivity index (χ3v) is 6.32. The highest BCUT2D eigenvalue weighted by molar-refractivity contribution is 5.90. The number of hydrogen-bond donors (Lipinski definition) is 0. The largest absolute Gasteiger partial charge is 0.379 e. The molecule has 0 spiro atoms. The third kappa shape index (κ3) is 3.83. The Morgan fingerprint density at radius 3 is 2.25 bits per heavy atom. The Kier molecular flexibility index (Phi) is 6.13. The van der Waals surface area contributed by atoms with E-state index in [1.165, 1.54) is 33.3 Å². The van der Waals surface area contributed by atoms with Gasteiger partial charge in [0.2, 0.25) is 0 Å². The lowest BCUT2D eigenvalue weighted by atomic mass is 9.94. The fourth-order valence-electron chi connectivity index (χ4n) is 5.02. The van der Waals surface area contributed by atoms with E-state index >= 15 is 0 Å². The van der Waals surface area contributed by atoms with Crippen molar-refractivity contribution in [2.75, 3.05) is 6.61 Å². The number of hydrogen-bond acceptors (Lipinski definition) is 3. The van der Waals surface area contributed by atoms with E-state index in [0.29, 0.717) is 0 Å². The van der Waals surface area contributed by atoms with E-state index in [9.17, 15) is 0 Å². The minimum atomic E-state index is 0.262. The molecule has 0 aliphatic heterocycles. The molecule has 32 heavy (non-hydrogen) atoms. The van der Waals surface area contributed by atoms with Crippen molar-refractivity contribution < 1.29 is 4.74 Å². The first-order valence-electron chi connectivity index (χ1n) is 11.8. The van der Waals surface area contributed by atoms with Gasteiger partial charge in [-0.05, 0) is 84.1 Å². The van der Waals surface area contributed by atoms with Crippen LogP contribution in [0.15, 0.2) is 18.2 Å². The predicted molar refractivity (Wildman–Crippen MR) is 133 cm³/mol. The van der Waals surface area contributed by atoms with Gasteiger partial charge < -0.3 is 9.30 Å². The number of fused-ring (bicyclic) bond motifs is 3. The van der Waals surface area contributed by atoms with Crippen molar-refractivity contribution in [3.05, 3.63) is 52.0 Å². The molecule has 0 unspecified atom stereocenters. The summed E-state index contributed by atoms with van der Waals surface area (Å²) in [6, 6.07) is 6.80. The number of aryl methyl sites for hydroxylation is 7. The van der Waals surface area contributed by atoms with Gasteiger partial charge in [-0.2, -0.15) is 9.61 Å². The van der Waals surface area contributed by atoms with Crippen LogP contribution >= 0.6 is 0 Å². The standard InChI is InChI=1S/C27H36N4O/c1-9-22-15-23-20(7)28-26-25(24-18(5)13-17(4)14-19(24)6)21(8)29-31(26)27(23)30(22)11-10-12-32-16(2)3/h13-16H,9-12H2,1-8H3. The SMILES string of the molecule is CCc1cc2c(C)nc3c(-c4c(C)cc(C)cc4C)c(C)nn3c2n1CCCOC(C)C. The van der Waals surface area contributed by atoms with Crippen LogP contribution in [-0.2, 0) is 17.7 Å². The van der Waals surface area contributed by atoms with Gasteiger partial charge in [-0.3, -0.25) is 0 Å². The van der Waals surface area contributed by atoms with Gasteiger partial charge in [0.1, 0.15) is 5.65 Å². The van der Waals surface area contributed by atoms with Crippen molar-refractivity contribution in [3.8, 4) is 11.1 Å². The van der Waals surface area contributed by atoms with Crippen LogP contribution in [0.25, 0.3) is 27.8 Å². The molecule has 0 amide bonds. The van der Waals surface area contributed by atoms with Crippen molar-refractivity contribution in [3.63, 3.8) is 0 Å². The number of aromatic nitrogens is 4. The maximum Gasteiger partial charge on any atom is 0.165 e. The van der Waals surface area contributed by atoms with E-state index in [2.05, 4.69) is 82.7 Å². The molecular formula is C27H36N4O. The molecule has 170 valence electrons. The summed E-state index contributed by atoms with van der Waals surface area (Å²) < 4.78 is 10.3. The predicted octanol–water partition coefficient (Wildman–Crippen LogP) is 6.27. The molecule has 0 aliphatic rings. The Hall–Kier alpha value is -2.66. The molecule has 3 heterocycles. The second-order valence-electron chi connectivity index (χ2n) is 9.32. The molecule has 3 aromatic heterocycles. The average Bonchev–Trinajstić information content (AvgIpc) is 3.23. The molecular weight excluding hydrogens is 396 g/mol. The monoisotopic (exact) mass is 432 g/mol. The normalized spacial score (nSPS) is 12.0. The number of ether oxygens (including phenoxy) is 1. The summed E-state index contributed by atoms with van der Waals surface area (Å²) in [6.07, 6.45) is 2.21. The van der Waals surface area contributed by atoms with Crippen molar-refractivity contribution in [1.29, 1.82) is 0 Å². The summed E-state index contributed by atoms with van der Waals surface area (Å²) in [5.74, 6) is 0. The first kappa shape index (κ1) is 22.5. The second kappa shape index (κ2) is 8.70. The number of rotatable bonds is 7. The van der Waals surface area contributed by atoms with Crippen molar-refractivity contribution in [2.45, 2.75) is 80.9 Å². The molecule has 0 N–H and O–H groups in total. The molecule has 5 nitrogen and oxygen atoms in total. The highest BCUT2D eigenvalue weighted by Gasteiger charge is 2.22. The Morgan fingerprint density at radius 1 is 0.938 bits per heavy atom. The molecule has 0 saturated carbocycles. The van der Waals surface area contributed by atoms with Crippen LogP contribution < -0.4 is 0 Å². The summed E-state index contributed by atoms with van der Waals surface area (Å²) in [5, 5.41) is 6.22. The van der Waals surface area contributed by atoms with Crippen LogP contribution in [-0.4, -0.2) is 31.9 Å². The third-order valence-electron chi connectivity index (χ3n) is 6.32. The minimum Gasteiger partial charge on any atom is -0.379 e. The van der Waals surface area contributed by atoms with E-state index < -0.39 is 0 Å². The zero-order valence-corrected chi connectivity index (χ0v) is 20.8. The Balaban J connectivity index is 1.95. The van der Waals surface area contributed by atoms with Crippen LogP contribution in [0.2, 0.25) is 0 Å². The summed E-state index contributed by atoms with van der Waals surface area (Å²) in [6.45, 7) is 18.8. The Labute approximate surface area is 191 Å². The lowest BCUT2D eigenvalue weighted by Gasteiger charge is -2.13. The van der Waals surface area contributed by atoms with E-state index in [-0.39, 0.29) is 6.10 Å². The minimum absolute atomic E-state index is 0.262. The second-order valence-corrected chi connectivity index (χ2v) is 9.32. The molecule has 4 aromatic rings. The molecule has 0 aliphatic carbocycles. The van der Waals surface area contributed by atoms with Crippen LogP contribution in [0, 0.1) is 34.6 Å². The van der Waals surface area contributed by atoms with Gasteiger partial charge in [-0.1, -0.05) is 24.6 Å². The lowest BCUT2D eigenvalue weighted by Crippen LogP contribution is -2.10. The van der Waals surface area contributed by atoms with Gasteiger partial charge in [-0.25, -0.2) is 4.98 Å². The van der Waals surface area contributed by atoms with Gasteiger partial charge in [0, 0.05) is 24.2 Å². The molecule has 0 radical (unpaired) electrons. The fraction of sp³-hybridized carbons (Fsp3) is 0.481. The Morgan fingerprint density at radius 2 is 1.62 bits per heavy atom. The van der Waals surface area contributed by atoms with Crippen molar-refractivity contribution in [1.82, 2.24) is 19.2 Å². The zero-order chi connectivity index (χ0) is 23.2. The fourth-order valence-corrected chi connectivity index (χ4v) is 5.02. The maximum absolute atomic E-state index is 5.81. The molecule has 5 heteroatoms. The molecule has 0 atom stereocenters. The quantitative estimate of drug-likeness (QED) is 0.323. The van der Waals surface area contributed by atoms with E-state index in [1.807, 2.05) is 0 Å². The van der Waals surface area contributed by atoms with Gasteiger partial charge in [0.25, 0.3) is 0 Å². The van der Waals surface area contributed by atoms with Gasteiger partial charge in [-0.15, -0.1) is 0 Å². The Bertz CT molecular complexity index is 1270. The summed E-state index contributed by atoms with van der Waals surface area (Å²) >= 11 is 0. The first-order valence-corrected chi connectivity index (χ1v) is 11.8. The molecule has 0 saturated heterocycles. The van der Waals surface area contributed by atoms with Crippen LogP contribution in [0.5, 0.6) is 0 Å². The van der Waals surface area contributed by atoms with E-state index in [0.717, 1.165) is 54.2 Å². The van der Waals surface area contributed by atoms with Gasteiger partial charge >= 0.3 is 0 Å². The lowest BCUT2D eigenvalue weighted by molar-refractivity contribution is 0.0749. The van der Waals surface area contributed by atoms with Gasteiger partial charge in [0.15, 0.2) is 5.65 Å². The zero-order valence-electron chi connectivity index (χ0n) is 20.8. The summed E-state index contributed by atoms with van der Waals surface area (Å²) in [4.78, 5) is 5.08. The van der Waals surface area contributed by atoms with E-state index in [4.69, 9.17) is 14.8 Å². The summed E-state index contributed by atoms with van der Waals surface area (Å²) in [5.41, 5.74) is 11.7. The molecule has 1 aromatic carbocycles. The summed E-state index contributed by atoms with van der Waals surface area (Å²) in [7, 11) is 0. The average molecular weight is 433 g/mol. The van der Waals surface area contributed by atoms with Crippen LogP contribution in [0.4, 0.5) is 0 Å². The van der Waals surface area contributed by atoms with E-state index in [1.54, 1.807) is 0 Å². The molecule has 4 rings (SSSR count). The van der Waals surface area contributed by atoms with Gasteiger partial charge in [0.05, 0.1) is 23.1 Å². The topological polar surface area (TPSA) is 44.4 Å². The molecule has 0 fully saturated rings. The smallest absolute Gasteiger partial charge is 0.165 e. The number of nitrogens with zero attached hydrogens (tertiary/aromatic N) is 4. The first-order chi connectivity index (χ1) is 15.2. The maximum atomic E-state index is 5.81. The van der Waals surface area contributed by atoms with Crippen LogP contribution in [0.3, 0.4) is 0 Å². The molecule has 0 bridgehead atoms. The highest BCUT2D eigenvalue weighted by atomic mass is 16.5. The number of benzene rings is 1.